The first-order chi connectivity index (χ1) is 10.7. The van der Waals surface area contributed by atoms with E-state index in [1.165, 1.54) is 0 Å². The highest BCUT2D eigenvalue weighted by atomic mass is 32.1. The van der Waals surface area contributed by atoms with Gasteiger partial charge in [-0.05, 0) is 11.4 Å². The molecule has 3 heterocycles. The lowest BCUT2D eigenvalue weighted by Crippen LogP contribution is -2.34. The summed E-state index contributed by atoms with van der Waals surface area (Å²) in [6.45, 7) is 1.81. The fourth-order valence-electron chi connectivity index (χ4n) is 2.34. The predicted octanol–water partition coefficient (Wildman–Crippen LogP) is 0.427. The van der Waals surface area contributed by atoms with Crippen molar-refractivity contribution in [3.63, 3.8) is 0 Å². The first-order valence-corrected chi connectivity index (χ1v) is 8.12. The van der Waals surface area contributed by atoms with E-state index < -0.39 is 0 Å². The number of nitrogens with one attached hydrogen (secondary N) is 2. The third-order valence-electron chi connectivity index (χ3n) is 3.64. The molecule has 22 heavy (non-hydrogen) atoms. The van der Waals surface area contributed by atoms with Crippen LogP contribution in [0.2, 0.25) is 0 Å². The SMILES string of the molecule is O=C(CCc1nc(-c2cccs2)no1)NCC1CNCC1O. The summed E-state index contributed by atoms with van der Waals surface area (Å²) >= 11 is 1.54. The molecule has 1 aliphatic rings. The average Bonchev–Trinajstić information content (AvgIpc) is 3.24. The molecule has 0 aromatic carbocycles. The van der Waals surface area contributed by atoms with Crippen LogP contribution in [0.1, 0.15) is 12.3 Å². The average molecular weight is 322 g/mol. The zero-order valence-electron chi connectivity index (χ0n) is 12.0. The van der Waals surface area contributed by atoms with Gasteiger partial charge in [-0.2, -0.15) is 4.98 Å². The molecule has 0 spiro atoms. The van der Waals surface area contributed by atoms with Gasteiger partial charge >= 0.3 is 0 Å². The second-order valence-corrected chi connectivity index (χ2v) is 6.23. The molecule has 0 saturated carbocycles. The molecule has 0 radical (unpaired) electrons. The molecule has 1 amide bonds. The molecule has 2 atom stereocenters. The topological polar surface area (TPSA) is 100 Å². The van der Waals surface area contributed by atoms with Crippen LogP contribution < -0.4 is 10.6 Å². The molecule has 3 rings (SSSR count). The van der Waals surface area contributed by atoms with Crippen LogP contribution in [0.15, 0.2) is 22.0 Å². The maximum atomic E-state index is 11.8. The number of carbonyl (C=O) groups is 1. The number of carbonyl (C=O) groups excluding carboxylic acids is 1. The summed E-state index contributed by atoms with van der Waals surface area (Å²) in [6, 6.07) is 3.85. The van der Waals surface area contributed by atoms with Gasteiger partial charge in [0.05, 0.1) is 11.0 Å². The lowest BCUT2D eigenvalue weighted by atomic mass is 10.1. The quantitative estimate of drug-likeness (QED) is 0.713. The van der Waals surface area contributed by atoms with Gasteiger partial charge in [-0.1, -0.05) is 11.2 Å². The monoisotopic (exact) mass is 322 g/mol. The Hall–Kier alpha value is -1.77. The molecule has 3 N–H and O–H groups in total. The zero-order valence-corrected chi connectivity index (χ0v) is 12.8. The lowest BCUT2D eigenvalue weighted by molar-refractivity contribution is -0.121. The zero-order chi connectivity index (χ0) is 15.4. The normalized spacial score (nSPS) is 21.1. The van der Waals surface area contributed by atoms with Crippen LogP contribution in [0.3, 0.4) is 0 Å². The molecule has 2 aromatic heterocycles. The van der Waals surface area contributed by atoms with Gasteiger partial charge < -0.3 is 20.3 Å². The largest absolute Gasteiger partial charge is 0.391 e. The number of amides is 1. The minimum absolute atomic E-state index is 0.0741. The summed E-state index contributed by atoms with van der Waals surface area (Å²) < 4.78 is 5.15. The van der Waals surface area contributed by atoms with Crippen LogP contribution in [-0.4, -0.2) is 46.9 Å². The van der Waals surface area contributed by atoms with Crippen molar-refractivity contribution in [2.75, 3.05) is 19.6 Å². The third kappa shape index (κ3) is 3.70. The molecule has 1 fully saturated rings. The standard InChI is InChI=1S/C14H18N4O3S/c19-10-8-15-6-9(10)7-16-12(20)3-4-13-17-14(18-21-13)11-2-1-5-22-11/h1-2,5,9-10,15,19H,3-4,6-8H2,(H,16,20). The van der Waals surface area contributed by atoms with E-state index in [9.17, 15) is 9.90 Å². The van der Waals surface area contributed by atoms with E-state index in [4.69, 9.17) is 4.52 Å². The highest BCUT2D eigenvalue weighted by Gasteiger charge is 2.25. The molecule has 1 aliphatic heterocycles. The molecule has 1 saturated heterocycles. The summed E-state index contributed by atoms with van der Waals surface area (Å²) in [5.41, 5.74) is 0. The predicted molar refractivity (Wildman–Crippen MR) is 81.3 cm³/mol. The Kier molecular flexibility index (Phi) is 4.81. The van der Waals surface area contributed by atoms with E-state index in [1.54, 1.807) is 11.3 Å². The van der Waals surface area contributed by atoms with E-state index in [1.807, 2.05) is 17.5 Å². The Morgan fingerprint density at radius 3 is 3.18 bits per heavy atom. The van der Waals surface area contributed by atoms with Crippen molar-refractivity contribution >= 4 is 17.2 Å². The summed E-state index contributed by atoms with van der Waals surface area (Å²) in [7, 11) is 0. The maximum absolute atomic E-state index is 11.8. The molecule has 0 bridgehead atoms. The first kappa shape index (κ1) is 15.1. The molecular formula is C14H18N4O3S. The number of hydrogen-bond acceptors (Lipinski definition) is 7. The fourth-order valence-corrected chi connectivity index (χ4v) is 2.99. The number of aryl methyl sites for hydroxylation is 1. The van der Waals surface area contributed by atoms with Crippen molar-refractivity contribution in [2.24, 2.45) is 5.92 Å². The number of aliphatic hydroxyl groups excluding tert-OH is 1. The van der Waals surface area contributed by atoms with E-state index in [2.05, 4.69) is 20.8 Å². The minimum Gasteiger partial charge on any atom is -0.391 e. The Morgan fingerprint density at radius 1 is 1.55 bits per heavy atom. The Bertz CT molecular complexity index is 613. The van der Waals surface area contributed by atoms with Crippen LogP contribution in [-0.2, 0) is 11.2 Å². The van der Waals surface area contributed by atoms with Crippen LogP contribution in [0.4, 0.5) is 0 Å². The molecule has 0 aliphatic carbocycles. The van der Waals surface area contributed by atoms with Crippen molar-refractivity contribution in [1.82, 2.24) is 20.8 Å². The number of rotatable bonds is 6. The summed E-state index contributed by atoms with van der Waals surface area (Å²) in [4.78, 5) is 17.0. The molecular weight excluding hydrogens is 304 g/mol. The number of aromatic nitrogens is 2. The highest BCUT2D eigenvalue weighted by Crippen LogP contribution is 2.21. The highest BCUT2D eigenvalue weighted by molar-refractivity contribution is 7.13. The van der Waals surface area contributed by atoms with Gasteiger partial charge in [-0.25, -0.2) is 0 Å². The van der Waals surface area contributed by atoms with Gasteiger partial charge in [-0.15, -0.1) is 11.3 Å². The van der Waals surface area contributed by atoms with Crippen LogP contribution in [0.25, 0.3) is 10.7 Å². The van der Waals surface area contributed by atoms with Crippen molar-refractivity contribution < 1.29 is 14.4 Å². The molecule has 7 nitrogen and oxygen atoms in total. The van der Waals surface area contributed by atoms with Gasteiger partial charge in [0.2, 0.25) is 17.6 Å². The molecule has 8 heteroatoms. The maximum Gasteiger partial charge on any atom is 0.227 e. The van der Waals surface area contributed by atoms with Gasteiger partial charge in [0, 0.05) is 38.4 Å². The van der Waals surface area contributed by atoms with E-state index in [-0.39, 0.29) is 17.9 Å². The van der Waals surface area contributed by atoms with Gasteiger partial charge in [-0.3, -0.25) is 4.79 Å². The lowest BCUT2D eigenvalue weighted by Gasteiger charge is -2.13. The van der Waals surface area contributed by atoms with Crippen LogP contribution in [0.5, 0.6) is 0 Å². The van der Waals surface area contributed by atoms with E-state index >= 15 is 0 Å². The molecule has 2 unspecified atom stereocenters. The van der Waals surface area contributed by atoms with Crippen molar-refractivity contribution in [3.05, 3.63) is 23.4 Å². The summed E-state index contributed by atoms with van der Waals surface area (Å²) in [5, 5.41) is 21.4. The molecule has 2 aromatic rings. The second kappa shape index (κ2) is 6.99. The fraction of sp³-hybridized carbons (Fsp3) is 0.500. The number of β-amino-alcohol motifs (C(OH)–C–C–N with tert-alkyl or cyclic N) is 1. The number of hydrogen-bond donors (Lipinski definition) is 3. The third-order valence-corrected chi connectivity index (χ3v) is 4.51. The van der Waals surface area contributed by atoms with Crippen LogP contribution in [0, 0.1) is 5.92 Å². The summed E-state index contributed by atoms with van der Waals surface area (Å²) in [6.07, 6.45) is 0.322. The second-order valence-electron chi connectivity index (χ2n) is 5.28. The minimum atomic E-state index is -0.385. The number of aliphatic hydroxyl groups is 1. The summed E-state index contributed by atoms with van der Waals surface area (Å²) in [5.74, 6) is 1.03. The van der Waals surface area contributed by atoms with Crippen molar-refractivity contribution in [1.29, 1.82) is 0 Å². The Balaban J connectivity index is 1.43. The van der Waals surface area contributed by atoms with Gasteiger partial charge in [0.15, 0.2) is 0 Å². The van der Waals surface area contributed by atoms with Gasteiger partial charge in [0.1, 0.15) is 0 Å². The smallest absolute Gasteiger partial charge is 0.227 e. The van der Waals surface area contributed by atoms with E-state index in [0.29, 0.717) is 37.6 Å². The first-order valence-electron chi connectivity index (χ1n) is 7.24. The Labute approximate surface area is 131 Å². The van der Waals surface area contributed by atoms with Gasteiger partial charge in [0.25, 0.3) is 0 Å². The number of nitrogens with zero attached hydrogens (tertiary/aromatic N) is 2. The number of thiophene rings is 1. The van der Waals surface area contributed by atoms with Crippen molar-refractivity contribution in [3.8, 4) is 10.7 Å². The van der Waals surface area contributed by atoms with E-state index in [0.717, 1.165) is 11.4 Å². The molecule has 118 valence electrons. The van der Waals surface area contributed by atoms with Crippen LogP contribution >= 0.6 is 11.3 Å². The Morgan fingerprint density at radius 2 is 2.45 bits per heavy atom. The van der Waals surface area contributed by atoms with Crippen molar-refractivity contribution in [2.45, 2.75) is 18.9 Å².